The van der Waals surface area contributed by atoms with E-state index in [2.05, 4.69) is 12.1 Å². The molecule has 0 saturated carbocycles. The molecule has 1 saturated heterocycles. The standard InChI is InChI=1S/C32H36N2O8/c1-19-25(29(35)36)14-20(41-19)15-34(27-16-33(17-28(27)39-5)30(37)42-32(2,3)4)31(38)40-18-26-23-12-8-6-10-21(23)22-11-7-9-13-24(22)26/h6-14,26-28H,15-18H2,1-5H3,(H,35,36)/t27-,28-/m0/s1. The van der Waals surface area contributed by atoms with Crippen LogP contribution in [0.15, 0.2) is 59.0 Å². The van der Waals surface area contributed by atoms with Gasteiger partial charge in [-0.25, -0.2) is 14.4 Å². The lowest BCUT2D eigenvalue weighted by Crippen LogP contribution is -2.47. The van der Waals surface area contributed by atoms with E-state index in [1.54, 1.807) is 27.7 Å². The number of furan rings is 1. The molecule has 222 valence electrons. The molecule has 0 bridgehead atoms. The molecule has 3 aromatic rings. The second-order valence-electron chi connectivity index (χ2n) is 11.6. The molecular formula is C32H36N2O8. The van der Waals surface area contributed by atoms with Gasteiger partial charge in [0.05, 0.1) is 25.2 Å². The largest absolute Gasteiger partial charge is 0.478 e. The molecule has 0 spiro atoms. The normalized spacial score (nSPS) is 18.0. The molecular weight excluding hydrogens is 540 g/mol. The summed E-state index contributed by atoms with van der Waals surface area (Å²) in [5.74, 6) is -0.756. The minimum Gasteiger partial charge on any atom is -0.478 e. The third-order valence-electron chi connectivity index (χ3n) is 7.69. The Kier molecular flexibility index (Phi) is 8.01. The van der Waals surface area contributed by atoms with E-state index >= 15 is 0 Å². The smallest absolute Gasteiger partial charge is 0.410 e. The van der Waals surface area contributed by atoms with E-state index in [0.717, 1.165) is 22.3 Å². The highest BCUT2D eigenvalue weighted by atomic mass is 16.6. The van der Waals surface area contributed by atoms with E-state index < -0.39 is 35.9 Å². The van der Waals surface area contributed by atoms with Gasteiger partial charge in [-0.15, -0.1) is 0 Å². The van der Waals surface area contributed by atoms with Gasteiger partial charge in [-0.3, -0.25) is 4.90 Å². The summed E-state index contributed by atoms with van der Waals surface area (Å²) in [6, 6.07) is 16.9. The van der Waals surface area contributed by atoms with Crippen molar-refractivity contribution in [1.29, 1.82) is 0 Å². The van der Waals surface area contributed by atoms with Gasteiger partial charge in [-0.05, 0) is 56.0 Å². The molecule has 5 rings (SSSR count). The molecule has 2 aliphatic rings. The quantitative estimate of drug-likeness (QED) is 0.382. The van der Waals surface area contributed by atoms with Crippen LogP contribution in [0.4, 0.5) is 9.59 Å². The maximum atomic E-state index is 13.9. The fraction of sp³-hybridized carbons (Fsp3) is 0.406. The zero-order valence-corrected chi connectivity index (χ0v) is 24.5. The predicted octanol–water partition coefficient (Wildman–Crippen LogP) is 5.67. The Morgan fingerprint density at radius 1 is 1.02 bits per heavy atom. The van der Waals surface area contributed by atoms with Gasteiger partial charge < -0.3 is 28.6 Å². The van der Waals surface area contributed by atoms with E-state index in [1.807, 2.05) is 36.4 Å². The first-order valence-electron chi connectivity index (χ1n) is 13.9. The topological polar surface area (TPSA) is 119 Å². The summed E-state index contributed by atoms with van der Waals surface area (Å²) in [7, 11) is 1.52. The Labute approximate surface area is 244 Å². The van der Waals surface area contributed by atoms with Crippen LogP contribution in [0.3, 0.4) is 0 Å². The fourth-order valence-corrected chi connectivity index (χ4v) is 5.76. The molecule has 42 heavy (non-hydrogen) atoms. The molecule has 10 heteroatoms. The van der Waals surface area contributed by atoms with Gasteiger partial charge in [0.2, 0.25) is 0 Å². The van der Waals surface area contributed by atoms with Gasteiger partial charge in [0, 0.05) is 19.6 Å². The number of hydrogen-bond donors (Lipinski definition) is 1. The van der Waals surface area contributed by atoms with Crippen LogP contribution in [-0.2, 0) is 20.8 Å². The molecule has 1 aliphatic carbocycles. The lowest BCUT2D eigenvalue weighted by atomic mass is 9.98. The number of nitrogens with zero attached hydrogens (tertiary/aromatic N) is 2. The van der Waals surface area contributed by atoms with Crippen molar-refractivity contribution >= 4 is 18.2 Å². The van der Waals surface area contributed by atoms with Crippen LogP contribution >= 0.6 is 0 Å². The van der Waals surface area contributed by atoms with Gasteiger partial charge >= 0.3 is 18.2 Å². The molecule has 1 aliphatic heterocycles. The van der Waals surface area contributed by atoms with Crippen LogP contribution in [0.5, 0.6) is 0 Å². The van der Waals surface area contributed by atoms with Crippen molar-refractivity contribution < 1.29 is 38.1 Å². The number of hydrogen-bond acceptors (Lipinski definition) is 7. The number of carboxylic acids is 1. The molecule has 1 N–H and O–H groups in total. The number of methoxy groups -OCH3 is 1. The number of likely N-dealkylation sites (tertiary alicyclic amines) is 1. The van der Waals surface area contributed by atoms with E-state index in [0.29, 0.717) is 0 Å². The average molecular weight is 577 g/mol. The number of rotatable bonds is 7. The zero-order chi connectivity index (χ0) is 30.2. The van der Waals surface area contributed by atoms with Crippen LogP contribution in [0.25, 0.3) is 11.1 Å². The van der Waals surface area contributed by atoms with Crippen molar-refractivity contribution in [3.05, 3.63) is 82.8 Å². The number of carbonyl (C=O) groups excluding carboxylic acids is 2. The summed E-state index contributed by atoms with van der Waals surface area (Å²) in [6.45, 7) is 7.29. The molecule has 0 radical (unpaired) electrons. The Morgan fingerprint density at radius 2 is 1.64 bits per heavy atom. The van der Waals surface area contributed by atoms with Crippen LogP contribution in [0.2, 0.25) is 0 Å². The van der Waals surface area contributed by atoms with Crippen molar-refractivity contribution in [2.75, 3.05) is 26.8 Å². The number of carboxylic acid groups (broad SMARTS) is 1. The van der Waals surface area contributed by atoms with Gasteiger partial charge in [0.25, 0.3) is 0 Å². The van der Waals surface area contributed by atoms with Crippen molar-refractivity contribution in [1.82, 2.24) is 9.80 Å². The predicted molar refractivity (Wildman–Crippen MR) is 153 cm³/mol. The van der Waals surface area contributed by atoms with Crippen molar-refractivity contribution in [2.45, 2.75) is 57.9 Å². The Hall–Kier alpha value is -4.31. The van der Waals surface area contributed by atoms with E-state index in [1.165, 1.54) is 23.0 Å². The van der Waals surface area contributed by atoms with Gasteiger partial charge in [-0.1, -0.05) is 48.5 Å². The van der Waals surface area contributed by atoms with Crippen molar-refractivity contribution in [2.24, 2.45) is 0 Å². The Balaban J connectivity index is 1.41. The minimum absolute atomic E-state index is 0.0163. The third-order valence-corrected chi connectivity index (χ3v) is 7.69. The Morgan fingerprint density at radius 3 is 2.19 bits per heavy atom. The van der Waals surface area contributed by atoms with Crippen LogP contribution < -0.4 is 0 Å². The SMILES string of the molecule is CO[C@H]1CN(C(=O)OC(C)(C)C)C[C@@H]1N(Cc1cc(C(=O)O)c(C)o1)C(=O)OCC1c2ccccc2-c2ccccc21. The maximum Gasteiger partial charge on any atom is 0.410 e. The van der Waals surface area contributed by atoms with Crippen molar-refractivity contribution in [3.8, 4) is 11.1 Å². The molecule has 1 fully saturated rings. The van der Waals surface area contributed by atoms with E-state index in [9.17, 15) is 19.5 Å². The molecule has 0 unspecified atom stereocenters. The average Bonchev–Trinajstić information content (AvgIpc) is 3.63. The maximum absolute atomic E-state index is 13.9. The highest BCUT2D eigenvalue weighted by Gasteiger charge is 2.43. The lowest BCUT2D eigenvalue weighted by Gasteiger charge is -2.31. The number of amides is 2. The summed E-state index contributed by atoms with van der Waals surface area (Å²) < 4.78 is 23.0. The second-order valence-corrected chi connectivity index (χ2v) is 11.6. The minimum atomic E-state index is -1.12. The fourth-order valence-electron chi connectivity index (χ4n) is 5.76. The first-order valence-corrected chi connectivity index (χ1v) is 13.9. The number of fused-ring (bicyclic) bond motifs is 3. The summed E-state index contributed by atoms with van der Waals surface area (Å²) >= 11 is 0. The van der Waals surface area contributed by atoms with E-state index in [-0.39, 0.29) is 49.2 Å². The lowest BCUT2D eigenvalue weighted by molar-refractivity contribution is 0.0230. The van der Waals surface area contributed by atoms with Gasteiger partial charge in [0.1, 0.15) is 29.3 Å². The van der Waals surface area contributed by atoms with Gasteiger partial charge in [-0.2, -0.15) is 0 Å². The molecule has 2 amide bonds. The first-order chi connectivity index (χ1) is 20.0. The number of aromatic carboxylic acids is 1. The molecule has 2 heterocycles. The molecule has 2 aromatic carbocycles. The number of aryl methyl sites for hydroxylation is 1. The highest BCUT2D eigenvalue weighted by Crippen LogP contribution is 2.44. The molecule has 1 aromatic heterocycles. The van der Waals surface area contributed by atoms with Crippen LogP contribution in [-0.4, -0.2) is 77.6 Å². The van der Waals surface area contributed by atoms with Crippen LogP contribution in [0, 0.1) is 6.92 Å². The Bertz CT molecular complexity index is 1440. The zero-order valence-electron chi connectivity index (χ0n) is 24.5. The molecule has 2 atom stereocenters. The summed E-state index contributed by atoms with van der Waals surface area (Å²) in [5, 5.41) is 9.52. The first kappa shape index (κ1) is 29.2. The number of benzene rings is 2. The van der Waals surface area contributed by atoms with E-state index in [4.69, 9.17) is 18.6 Å². The highest BCUT2D eigenvalue weighted by molar-refractivity contribution is 5.88. The summed E-state index contributed by atoms with van der Waals surface area (Å²) in [5.41, 5.74) is 3.71. The second kappa shape index (κ2) is 11.5. The molecule has 10 nitrogen and oxygen atoms in total. The number of carbonyl (C=O) groups is 3. The van der Waals surface area contributed by atoms with Crippen molar-refractivity contribution in [3.63, 3.8) is 0 Å². The summed E-state index contributed by atoms with van der Waals surface area (Å²) in [6.07, 6.45) is -1.67. The van der Waals surface area contributed by atoms with Crippen LogP contribution in [0.1, 0.15) is 59.7 Å². The monoisotopic (exact) mass is 576 g/mol. The number of ether oxygens (including phenoxy) is 3. The summed E-state index contributed by atoms with van der Waals surface area (Å²) in [4.78, 5) is 41.4. The van der Waals surface area contributed by atoms with Gasteiger partial charge in [0.15, 0.2) is 0 Å². The third kappa shape index (κ3) is 5.85.